The van der Waals surface area contributed by atoms with E-state index in [0.29, 0.717) is 0 Å². The standard InChI is InChI=1S/C12H15O8P/c13-9-2-1-7(5-10(9)14)8(12(17)18)6-21(19,20)4-3-11(15)16/h1-2,5,8,13-14H,3-4,6H2,(H,15,16)(H,17,18)(H,19,20). The fourth-order valence-corrected chi connectivity index (χ4v) is 3.39. The molecule has 0 aromatic heterocycles. The summed E-state index contributed by atoms with van der Waals surface area (Å²) in [5.74, 6) is -5.01. The van der Waals surface area contributed by atoms with Crippen LogP contribution in [-0.2, 0) is 14.2 Å². The molecule has 0 bridgehead atoms. The van der Waals surface area contributed by atoms with Crippen molar-refractivity contribution in [2.45, 2.75) is 12.3 Å². The number of carboxylic acids is 2. The van der Waals surface area contributed by atoms with Gasteiger partial charge in [-0.2, -0.15) is 0 Å². The van der Waals surface area contributed by atoms with Crippen LogP contribution in [0.4, 0.5) is 0 Å². The van der Waals surface area contributed by atoms with E-state index in [9.17, 15) is 29.3 Å². The molecule has 21 heavy (non-hydrogen) atoms. The Morgan fingerprint density at radius 3 is 2.24 bits per heavy atom. The molecular weight excluding hydrogens is 303 g/mol. The van der Waals surface area contributed by atoms with Gasteiger partial charge in [-0.1, -0.05) is 6.07 Å². The van der Waals surface area contributed by atoms with Gasteiger partial charge >= 0.3 is 11.9 Å². The highest BCUT2D eigenvalue weighted by molar-refractivity contribution is 7.58. The highest BCUT2D eigenvalue weighted by Crippen LogP contribution is 2.46. The van der Waals surface area contributed by atoms with Gasteiger partial charge in [-0.05, 0) is 17.7 Å². The van der Waals surface area contributed by atoms with Gasteiger partial charge in [-0.25, -0.2) is 0 Å². The molecule has 116 valence electrons. The number of rotatable bonds is 7. The number of hydrogen-bond donors (Lipinski definition) is 5. The van der Waals surface area contributed by atoms with E-state index in [4.69, 9.17) is 10.2 Å². The lowest BCUT2D eigenvalue weighted by atomic mass is 10.0. The first-order valence-corrected chi connectivity index (χ1v) is 7.92. The van der Waals surface area contributed by atoms with E-state index in [1.807, 2.05) is 0 Å². The van der Waals surface area contributed by atoms with Crippen LogP contribution in [0.15, 0.2) is 18.2 Å². The smallest absolute Gasteiger partial charge is 0.311 e. The number of phenols is 2. The Hall–Kier alpha value is -2.05. The maximum absolute atomic E-state index is 11.9. The molecule has 0 spiro atoms. The molecule has 1 aromatic rings. The van der Waals surface area contributed by atoms with Crippen molar-refractivity contribution in [3.05, 3.63) is 23.8 Å². The Bertz CT molecular complexity index is 597. The minimum atomic E-state index is -3.95. The van der Waals surface area contributed by atoms with Crippen molar-refractivity contribution in [2.75, 3.05) is 12.3 Å². The summed E-state index contributed by atoms with van der Waals surface area (Å²) in [5.41, 5.74) is 0.0439. The summed E-state index contributed by atoms with van der Waals surface area (Å²) in [5, 5.41) is 36.2. The van der Waals surface area contributed by atoms with Crippen molar-refractivity contribution in [2.24, 2.45) is 0 Å². The van der Waals surface area contributed by atoms with Crippen LogP contribution in [0.5, 0.6) is 11.5 Å². The Labute approximate surface area is 119 Å². The van der Waals surface area contributed by atoms with Crippen LogP contribution in [0, 0.1) is 0 Å². The molecule has 1 aromatic carbocycles. The normalized spacial score (nSPS) is 15.1. The minimum absolute atomic E-state index is 0.0439. The van der Waals surface area contributed by atoms with Crippen molar-refractivity contribution < 1.29 is 39.5 Å². The highest BCUT2D eigenvalue weighted by atomic mass is 31.2. The zero-order chi connectivity index (χ0) is 16.2. The molecule has 0 fully saturated rings. The summed E-state index contributed by atoms with van der Waals surface area (Å²) in [6.07, 6.45) is -1.73. The fraction of sp³-hybridized carbons (Fsp3) is 0.333. The van der Waals surface area contributed by atoms with Gasteiger partial charge < -0.3 is 25.3 Å². The summed E-state index contributed by atoms with van der Waals surface area (Å²) in [7, 11) is -3.95. The molecule has 1 rings (SSSR count). The summed E-state index contributed by atoms with van der Waals surface area (Å²) >= 11 is 0. The summed E-state index contributed by atoms with van der Waals surface area (Å²) in [4.78, 5) is 31.3. The second-order valence-electron chi connectivity index (χ2n) is 4.54. The van der Waals surface area contributed by atoms with Gasteiger partial charge in [0.2, 0.25) is 7.37 Å². The molecule has 0 aliphatic rings. The van der Waals surface area contributed by atoms with Crippen molar-refractivity contribution in [3.8, 4) is 11.5 Å². The zero-order valence-corrected chi connectivity index (χ0v) is 11.7. The van der Waals surface area contributed by atoms with Crippen LogP contribution < -0.4 is 0 Å². The zero-order valence-electron chi connectivity index (χ0n) is 10.8. The van der Waals surface area contributed by atoms with E-state index in [2.05, 4.69) is 0 Å². The van der Waals surface area contributed by atoms with Crippen LogP contribution in [0.2, 0.25) is 0 Å². The number of carbonyl (C=O) groups is 2. The Balaban J connectivity index is 2.97. The second kappa shape index (κ2) is 6.60. The molecule has 0 aliphatic carbocycles. The Morgan fingerprint density at radius 1 is 1.14 bits per heavy atom. The molecule has 2 unspecified atom stereocenters. The van der Waals surface area contributed by atoms with Crippen molar-refractivity contribution in [1.82, 2.24) is 0 Å². The van der Waals surface area contributed by atoms with Gasteiger partial charge in [-0.3, -0.25) is 14.2 Å². The minimum Gasteiger partial charge on any atom is -0.504 e. The average molecular weight is 318 g/mol. The maximum atomic E-state index is 11.9. The van der Waals surface area contributed by atoms with Gasteiger partial charge in [0.15, 0.2) is 11.5 Å². The number of phenolic OH excluding ortho intramolecular Hbond substituents is 2. The van der Waals surface area contributed by atoms with E-state index >= 15 is 0 Å². The highest BCUT2D eigenvalue weighted by Gasteiger charge is 2.31. The predicted octanol–water partition coefficient (Wildman–Crippen LogP) is 1.01. The van der Waals surface area contributed by atoms with Crippen LogP contribution in [0.3, 0.4) is 0 Å². The largest absolute Gasteiger partial charge is 0.504 e. The molecule has 0 aliphatic heterocycles. The molecule has 0 radical (unpaired) electrons. The van der Waals surface area contributed by atoms with Crippen molar-refractivity contribution in [1.29, 1.82) is 0 Å². The first-order chi connectivity index (χ1) is 9.62. The van der Waals surface area contributed by atoms with Crippen LogP contribution in [0.1, 0.15) is 17.9 Å². The van der Waals surface area contributed by atoms with Crippen LogP contribution in [0.25, 0.3) is 0 Å². The van der Waals surface area contributed by atoms with E-state index in [0.717, 1.165) is 12.1 Å². The molecule has 0 amide bonds. The number of aliphatic carboxylic acids is 2. The lowest BCUT2D eigenvalue weighted by Crippen LogP contribution is -2.17. The molecule has 2 atom stereocenters. The number of hydrogen-bond acceptors (Lipinski definition) is 5. The molecule has 8 nitrogen and oxygen atoms in total. The average Bonchev–Trinajstić information content (AvgIpc) is 2.37. The SMILES string of the molecule is O=C(O)CCP(=O)(O)CC(C(=O)O)c1ccc(O)c(O)c1. The number of aromatic hydroxyl groups is 2. The quantitative estimate of drug-likeness (QED) is 0.369. The van der Waals surface area contributed by atoms with Gasteiger partial charge in [0.1, 0.15) is 0 Å². The summed E-state index contributed by atoms with van der Waals surface area (Å²) in [6, 6.07) is 3.27. The molecular formula is C12H15O8P. The number of carboxylic acid groups (broad SMARTS) is 2. The first-order valence-electron chi connectivity index (χ1n) is 5.89. The molecule has 9 heteroatoms. The fourth-order valence-electron chi connectivity index (χ4n) is 1.73. The molecule has 5 N–H and O–H groups in total. The van der Waals surface area contributed by atoms with E-state index in [1.165, 1.54) is 6.07 Å². The van der Waals surface area contributed by atoms with Crippen LogP contribution >= 0.6 is 7.37 Å². The molecule has 0 saturated heterocycles. The van der Waals surface area contributed by atoms with E-state index in [-0.39, 0.29) is 5.56 Å². The lowest BCUT2D eigenvalue weighted by molar-refractivity contribution is -0.138. The van der Waals surface area contributed by atoms with E-state index < -0.39 is 55.5 Å². The van der Waals surface area contributed by atoms with Gasteiger partial charge in [-0.15, -0.1) is 0 Å². The predicted molar refractivity (Wildman–Crippen MR) is 72.0 cm³/mol. The van der Waals surface area contributed by atoms with Crippen molar-refractivity contribution >= 4 is 19.3 Å². The van der Waals surface area contributed by atoms with Gasteiger partial charge in [0, 0.05) is 12.3 Å². The first kappa shape index (κ1) is 17.0. The summed E-state index contributed by atoms with van der Waals surface area (Å²) < 4.78 is 11.9. The summed E-state index contributed by atoms with van der Waals surface area (Å²) in [6.45, 7) is 0. The number of benzene rings is 1. The van der Waals surface area contributed by atoms with Gasteiger partial charge in [0.25, 0.3) is 0 Å². The third kappa shape index (κ3) is 5.09. The van der Waals surface area contributed by atoms with Crippen LogP contribution in [-0.4, -0.2) is 49.6 Å². The molecule has 0 saturated carbocycles. The maximum Gasteiger partial charge on any atom is 0.311 e. The topological polar surface area (TPSA) is 152 Å². The third-order valence-electron chi connectivity index (χ3n) is 2.84. The Morgan fingerprint density at radius 2 is 1.76 bits per heavy atom. The van der Waals surface area contributed by atoms with E-state index in [1.54, 1.807) is 0 Å². The Kier molecular flexibility index (Phi) is 5.34. The van der Waals surface area contributed by atoms with Crippen molar-refractivity contribution in [3.63, 3.8) is 0 Å². The monoisotopic (exact) mass is 318 g/mol. The third-order valence-corrected chi connectivity index (χ3v) is 4.70. The lowest BCUT2D eigenvalue weighted by Gasteiger charge is -2.17. The second-order valence-corrected chi connectivity index (χ2v) is 7.04. The molecule has 0 heterocycles. The van der Waals surface area contributed by atoms with Gasteiger partial charge in [0.05, 0.1) is 12.3 Å².